The van der Waals surface area contributed by atoms with E-state index in [9.17, 15) is 4.79 Å². The Morgan fingerprint density at radius 3 is 2.56 bits per heavy atom. The number of nitrogens with one attached hydrogen (secondary N) is 1. The number of amides is 1. The largest absolute Gasteiger partial charge is 0.489 e. The first-order valence-corrected chi connectivity index (χ1v) is 9.51. The topological polar surface area (TPSA) is 50.7 Å². The van der Waals surface area contributed by atoms with Crippen LogP contribution in [0.15, 0.2) is 71.1 Å². The van der Waals surface area contributed by atoms with Gasteiger partial charge in [-0.1, -0.05) is 18.2 Å². The molecular weight excluding hydrogens is 447 g/mol. The van der Waals surface area contributed by atoms with E-state index in [2.05, 4.69) is 57.4 Å². The minimum absolute atomic E-state index is 0.205. The molecule has 2 aromatic carbocycles. The fourth-order valence-corrected chi connectivity index (χ4v) is 3.00. The highest BCUT2D eigenvalue weighted by molar-refractivity contribution is 14.1. The third-order valence-corrected chi connectivity index (χ3v) is 4.91. The van der Waals surface area contributed by atoms with Crippen LogP contribution in [0.25, 0.3) is 0 Å². The zero-order chi connectivity index (χ0) is 17.5. The van der Waals surface area contributed by atoms with Crippen molar-refractivity contribution in [2.75, 3.05) is 0 Å². The van der Waals surface area contributed by atoms with Crippen molar-refractivity contribution in [1.29, 1.82) is 0 Å². The Kier molecular flexibility index (Phi) is 6.19. The molecule has 4 nitrogen and oxygen atoms in total. The average molecular weight is 462 g/mol. The number of ether oxygens (including phenoxy) is 1. The van der Waals surface area contributed by atoms with Crippen LogP contribution in [0.5, 0.6) is 5.75 Å². The summed E-state index contributed by atoms with van der Waals surface area (Å²) in [6.45, 7) is 0.529. The molecule has 1 heterocycles. The molecule has 6 heteroatoms. The smallest absolute Gasteiger partial charge is 0.281 e. The maximum absolute atomic E-state index is 11.8. The zero-order valence-corrected chi connectivity index (χ0v) is 16.2. The summed E-state index contributed by atoms with van der Waals surface area (Å²) in [7, 11) is 0. The molecule has 0 atom stereocenters. The molecule has 1 amide bonds. The second kappa shape index (κ2) is 8.77. The number of thiophene rings is 1. The number of hydrogen-bond acceptors (Lipinski definition) is 4. The molecular formula is C19H15IN2O2S. The van der Waals surface area contributed by atoms with Crippen LogP contribution in [0.4, 0.5) is 0 Å². The summed E-state index contributed by atoms with van der Waals surface area (Å²) in [5.74, 6) is 0.585. The van der Waals surface area contributed by atoms with Gasteiger partial charge in [0.2, 0.25) is 0 Å². The van der Waals surface area contributed by atoms with Crippen LogP contribution in [-0.4, -0.2) is 12.1 Å². The highest BCUT2D eigenvalue weighted by Gasteiger charge is 2.03. The summed E-state index contributed by atoms with van der Waals surface area (Å²) < 4.78 is 6.97. The van der Waals surface area contributed by atoms with Gasteiger partial charge in [0, 0.05) is 3.57 Å². The third-order valence-electron chi connectivity index (χ3n) is 3.32. The van der Waals surface area contributed by atoms with E-state index in [1.54, 1.807) is 12.3 Å². The van der Waals surface area contributed by atoms with Gasteiger partial charge in [-0.15, -0.1) is 11.3 Å². The maximum atomic E-state index is 11.8. The lowest BCUT2D eigenvalue weighted by molar-refractivity contribution is 0.0959. The van der Waals surface area contributed by atoms with Gasteiger partial charge >= 0.3 is 0 Å². The molecule has 0 radical (unpaired) electrons. The number of benzene rings is 2. The molecule has 126 valence electrons. The van der Waals surface area contributed by atoms with Crippen LogP contribution in [0.2, 0.25) is 0 Å². The third kappa shape index (κ3) is 5.40. The normalized spacial score (nSPS) is 10.8. The molecule has 0 aliphatic carbocycles. The Bertz CT molecular complexity index is 844. The van der Waals surface area contributed by atoms with Gasteiger partial charge < -0.3 is 4.74 Å². The van der Waals surface area contributed by atoms with Gasteiger partial charge in [-0.05, 0) is 81.6 Å². The van der Waals surface area contributed by atoms with Gasteiger partial charge in [0.15, 0.2) is 0 Å². The van der Waals surface area contributed by atoms with Crippen LogP contribution in [0.1, 0.15) is 20.8 Å². The predicted molar refractivity (Wildman–Crippen MR) is 109 cm³/mol. The van der Waals surface area contributed by atoms with E-state index in [-0.39, 0.29) is 5.91 Å². The van der Waals surface area contributed by atoms with E-state index in [4.69, 9.17) is 4.74 Å². The Labute approximate surface area is 163 Å². The fourth-order valence-electron chi connectivity index (χ4n) is 2.03. The van der Waals surface area contributed by atoms with Gasteiger partial charge in [-0.25, -0.2) is 5.43 Å². The van der Waals surface area contributed by atoms with Crippen LogP contribution in [0.3, 0.4) is 0 Å². The summed E-state index contributed by atoms with van der Waals surface area (Å²) in [6.07, 6.45) is 1.61. The van der Waals surface area contributed by atoms with Gasteiger partial charge in [-0.2, -0.15) is 5.10 Å². The molecule has 0 saturated heterocycles. The Morgan fingerprint density at radius 1 is 1.12 bits per heavy atom. The molecule has 0 fully saturated rings. The number of hydrazone groups is 1. The van der Waals surface area contributed by atoms with Crippen molar-refractivity contribution in [1.82, 2.24) is 5.43 Å². The highest BCUT2D eigenvalue weighted by Crippen LogP contribution is 2.14. The molecule has 3 rings (SSSR count). The molecule has 0 saturated carbocycles. The number of carbonyl (C=O) groups is 1. The number of carbonyl (C=O) groups excluding carboxylic acids is 1. The molecule has 0 aliphatic heterocycles. The van der Waals surface area contributed by atoms with E-state index in [1.807, 2.05) is 35.7 Å². The molecule has 0 unspecified atom stereocenters. The van der Waals surface area contributed by atoms with Crippen molar-refractivity contribution in [3.8, 4) is 5.75 Å². The number of rotatable bonds is 6. The van der Waals surface area contributed by atoms with Gasteiger partial charge in [0.05, 0.1) is 11.1 Å². The van der Waals surface area contributed by atoms with Crippen molar-refractivity contribution in [3.05, 3.63) is 85.6 Å². The fraction of sp³-hybridized carbons (Fsp3) is 0.0526. The van der Waals surface area contributed by atoms with Gasteiger partial charge in [-0.3, -0.25) is 4.79 Å². The molecule has 1 N–H and O–H groups in total. The highest BCUT2D eigenvalue weighted by atomic mass is 127. The van der Waals surface area contributed by atoms with Gasteiger partial charge in [0.1, 0.15) is 12.4 Å². The van der Waals surface area contributed by atoms with Crippen molar-refractivity contribution < 1.29 is 9.53 Å². The number of hydrogen-bond donors (Lipinski definition) is 1. The van der Waals surface area contributed by atoms with Crippen molar-refractivity contribution >= 4 is 46.0 Å². The minimum atomic E-state index is -0.205. The minimum Gasteiger partial charge on any atom is -0.489 e. The first kappa shape index (κ1) is 17.6. The molecule has 0 spiro atoms. The first-order chi connectivity index (χ1) is 12.2. The lowest BCUT2D eigenvalue weighted by Gasteiger charge is -2.06. The quantitative estimate of drug-likeness (QED) is 0.328. The second-order valence-electron chi connectivity index (χ2n) is 5.16. The van der Waals surface area contributed by atoms with Crippen molar-refractivity contribution in [2.24, 2.45) is 5.10 Å². The van der Waals surface area contributed by atoms with Crippen LogP contribution in [-0.2, 0) is 6.61 Å². The van der Waals surface area contributed by atoms with Crippen LogP contribution in [0, 0.1) is 3.57 Å². The molecule has 3 aromatic rings. The van der Waals surface area contributed by atoms with E-state index in [1.165, 1.54) is 14.9 Å². The van der Waals surface area contributed by atoms with E-state index in [0.29, 0.717) is 11.5 Å². The average Bonchev–Trinajstić information content (AvgIpc) is 3.17. The van der Waals surface area contributed by atoms with E-state index < -0.39 is 0 Å². The Hall–Kier alpha value is -2.19. The summed E-state index contributed by atoms with van der Waals surface area (Å²) in [5, 5.41) is 5.82. The summed E-state index contributed by atoms with van der Waals surface area (Å²) in [6, 6.07) is 19.4. The molecule has 0 aliphatic rings. The Morgan fingerprint density at radius 2 is 1.88 bits per heavy atom. The summed E-state index contributed by atoms with van der Waals surface area (Å²) in [5.41, 5.74) is 4.52. The predicted octanol–water partition coefficient (Wildman–Crippen LogP) is 4.70. The van der Waals surface area contributed by atoms with Gasteiger partial charge in [0.25, 0.3) is 5.91 Å². The van der Waals surface area contributed by atoms with Crippen LogP contribution < -0.4 is 10.2 Å². The molecule has 1 aromatic heterocycles. The summed E-state index contributed by atoms with van der Waals surface area (Å²) >= 11 is 3.66. The van der Waals surface area contributed by atoms with Crippen molar-refractivity contribution in [2.45, 2.75) is 6.61 Å². The molecule has 25 heavy (non-hydrogen) atoms. The standard InChI is InChI=1S/C19H15IN2O2S/c20-16-7-3-15(4-8-16)13-24-17-9-5-14(6-10-17)12-21-22-19(23)18-2-1-11-25-18/h1-12H,13H2,(H,22,23)/b21-12+. The molecule has 0 bridgehead atoms. The SMILES string of the molecule is O=C(N/N=C/c1ccc(OCc2ccc(I)cc2)cc1)c1cccs1. The first-order valence-electron chi connectivity index (χ1n) is 7.55. The lowest BCUT2D eigenvalue weighted by atomic mass is 10.2. The monoisotopic (exact) mass is 462 g/mol. The van der Waals surface area contributed by atoms with Crippen LogP contribution >= 0.6 is 33.9 Å². The van der Waals surface area contributed by atoms with E-state index >= 15 is 0 Å². The zero-order valence-electron chi connectivity index (χ0n) is 13.2. The van der Waals surface area contributed by atoms with E-state index in [0.717, 1.165) is 16.9 Å². The van der Waals surface area contributed by atoms with Crippen molar-refractivity contribution in [3.63, 3.8) is 0 Å². The maximum Gasteiger partial charge on any atom is 0.281 e. The lowest BCUT2D eigenvalue weighted by Crippen LogP contribution is -2.16. The number of nitrogens with zero attached hydrogens (tertiary/aromatic N) is 1. The Balaban J connectivity index is 1.50. The summed E-state index contributed by atoms with van der Waals surface area (Å²) in [4.78, 5) is 12.4. The number of halogens is 1. The second-order valence-corrected chi connectivity index (χ2v) is 7.35.